The lowest BCUT2D eigenvalue weighted by Crippen LogP contribution is -2.30. The minimum atomic E-state index is -0.771. The van der Waals surface area contributed by atoms with E-state index in [0.717, 1.165) is 83.5 Å². The fraction of sp³-hybridized carbons (Fsp3) is 0.839. The molecule has 0 aromatic rings. The maximum Gasteiger partial charge on any atom is 0.306 e. The number of hydrogen-bond acceptors (Lipinski definition) is 6. The highest BCUT2D eigenvalue weighted by Gasteiger charge is 2.19. The molecule has 0 saturated heterocycles. The molecular weight excluding hydrogens is 769 g/mol. The van der Waals surface area contributed by atoms with Crippen molar-refractivity contribution in [1.29, 1.82) is 0 Å². The molecule has 0 spiro atoms. The van der Waals surface area contributed by atoms with E-state index in [2.05, 4.69) is 57.2 Å². The lowest BCUT2D eigenvalue weighted by Gasteiger charge is -2.18. The summed E-state index contributed by atoms with van der Waals surface area (Å²) in [5.74, 6) is -0.873. The smallest absolute Gasteiger partial charge is 0.306 e. The van der Waals surface area contributed by atoms with E-state index in [1.165, 1.54) is 161 Å². The summed E-state index contributed by atoms with van der Waals surface area (Å²) in [7, 11) is 0. The minimum Gasteiger partial charge on any atom is -0.462 e. The molecule has 0 bridgehead atoms. The van der Waals surface area contributed by atoms with E-state index in [1.54, 1.807) is 0 Å². The van der Waals surface area contributed by atoms with Crippen molar-refractivity contribution in [2.24, 2.45) is 0 Å². The molecule has 62 heavy (non-hydrogen) atoms. The molecule has 0 aliphatic heterocycles. The average Bonchev–Trinajstić information content (AvgIpc) is 3.27. The molecule has 0 rings (SSSR count). The summed E-state index contributed by atoms with van der Waals surface area (Å²) in [6, 6.07) is 0. The van der Waals surface area contributed by atoms with Crippen LogP contribution in [0.3, 0.4) is 0 Å². The second-order valence-electron chi connectivity index (χ2n) is 18.1. The Balaban J connectivity index is 4.24. The zero-order valence-electron chi connectivity index (χ0n) is 41.4. The minimum absolute atomic E-state index is 0.0722. The van der Waals surface area contributed by atoms with Gasteiger partial charge in [0.2, 0.25) is 0 Å². The van der Waals surface area contributed by atoms with Gasteiger partial charge in [0.1, 0.15) is 13.2 Å². The average molecular weight is 871 g/mol. The van der Waals surface area contributed by atoms with Crippen LogP contribution < -0.4 is 0 Å². The van der Waals surface area contributed by atoms with Crippen LogP contribution in [0.25, 0.3) is 0 Å². The summed E-state index contributed by atoms with van der Waals surface area (Å²) < 4.78 is 16.8. The summed E-state index contributed by atoms with van der Waals surface area (Å²) in [5.41, 5.74) is 0. The van der Waals surface area contributed by atoms with E-state index in [4.69, 9.17) is 14.2 Å². The Morgan fingerprint density at radius 1 is 0.339 bits per heavy atom. The van der Waals surface area contributed by atoms with Crippen LogP contribution >= 0.6 is 0 Å². The van der Waals surface area contributed by atoms with Crippen molar-refractivity contribution in [3.63, 3.8) is 0 Å². The van der Waals surface area contributed by atoms with Gasteiger partial charge >= 0.3 is 17.9 Å². The van der Waals surface area contributed by atoms with Crippen LogP contribution in [0.1, 0.15) is 284 Å². The fourth-order valence-electron chi connectivity index (χ4n) is 7.87. The van der Waals surface area contributed by atoms with Gasteiger partial charge in [-0.2, -0.15) is 0 Å². The molecule has 1 atom stereocenters. The zero-order chi connectivity index (χ0) is 45.1. The van der Waals surface area contributed by atoms with Crippen molar-refractivity contribution < 1.29 is 28.6 Å². The number of unbranched alkanes of at least 4 members (excludes halogenated alkanes) is 32. The first-order chi connectivity index (χ1) is 30.5. The summed E-state index contributed by atoms with van der Waals surface area (Å²) in [6.45, 7) is 6.52. The third-order valence-electron chi connectivity index (χ3n) is 11.9. The van der Waals surface area contributed by atoms with Gasteiger partial charge in [-0.3, -0.25) is 14.4 Å². The topological polar surface area (TPSA) is 78.9 Å². The van der Waals surface area contributed by atoms with E-state index in [1.807, 2.05) is 0 Å². The van der Waals surface area contributed by atoms with Gasteiger partial charge in [-0.1, -0.05) is 250 Å². The lowest BCUT2D eigenvalue weighted by atomic mass is 10.0. The third kappa shape index (κ3) is 48.7. The van der Waals surface area contributed by atoms with Crippen LogP contribution in [-0.2, 0) is 28.6 Å². The fourth-order valence-corrected chi connectivity index (χ4v) is 7.87. The largest absolute Gasteiger partial charge is 0.462 e. The van der Waals surface area contributed by atoms with Crippen LogP contribution in [0.5, 0.6) is 0 Å². The van der Waals surface area contributed by atoms with Crippen LogP contribution in [0, 0.1) is 0 Å². The Bertz CT molecular complexity index is 1050. The predicted octanol–water partition coefficient (Wildman–Crippen LogP) is 17.7. The van der Waals surface area contributed by atoms with Crippen molar-refractivity contribution >= 4 is 17.9 Å². The molecule has 0 radical (unpaired) electrons. The van der Waals surface area contributed by atoms with Crippen LogP contribution in [0.4, 0.5) is 0 Å². The van der Waals surface area contributed by atoms with Crippen LogP contribution in [0.2, 0.25) is 0 Å². The first-order valence-electron chi connectivity index (χ1n) is 27.0. The molecule has 1 unspecified atom stereocenters. The molecule has 0 amide bonds. The molecule has 6 nitrogen and oxygen atoms in total. The number of hydrogen-bond donors (Lipinski definition) is 0. The Morgan fingerprint density at radius 2 is 0.629 bits per heavy atom. The molecule has 0 aromatic carbocycles. The summed E-state index contributed by atoms with van der Waals surface area (Å²) >= 11 is 0. The second kappa shape index (κ2) is 51.3. The molecule has 0 saturated carbocycles. The number of esters is 3. The maximum atomic E-state index is 12.8. The van der Waals surface area contributed by atoms with Gasteiger partial charge in [0.25, 0.3) is 0 Å². The van der Waals surface area contributed by atoms with Crippen molar-refractivity contribution in [1.82, 2.24) is 0 Å². The van der Waals surface area contributed by atoms with Gasteiger partial charge in [-0.25, -0.2) is 0 Å². The summed E-state index contributed by atoms with van der Waals surface area (Å²) in [6.07, 6.45) is 60.0. The lowest BCUT2D eigenvalue weighted by molar-refractivity contribution is -0.167. The summed E-state index contributed by atoms with van der Waals surface area (Å²) in [4.78, 5) is 37.9. The molecule has 0 aliphatic carbocycles. The SMILES string of the molecule is CC/C=C\C/C=C\C/C=C\CCCCCCCCCC(=O)OC(COC(=O)CCCCCCCCCC)COC(=O)CCCCCCCCCCCCCCCCCCCCC. The summed E-state index contributed by atoms with van der Waals surface area (Å²) in [5, 5.41) is 0. The monoisotopic (exact) mass is 871 g/mol. The highest BCUT2D eigenvalue weighted by molar-refractivity contribution is 5.71. The van der Waals surface area contributed by atoms with E-state index in [0.29, 0.717) is 19.3 Å². The van der Waals surface area contributed by atoms with Gasteiger partial charge in [-0.15, -0.1) is 0 Å². The molecular formula is C56H102O6. The molecule has 0 aliphatic rings. The maximum absolute atomic E-state index is 12.8. The number of ether oxygens (including phenoxy) is 3. The van der Waals surface area contributed by atoms with Crippen molar-refractivity contribution in [2.45, 2.75) is 290 Å². The number of allylic oxidation sites excluding steroid dienone is 6. The molecule has 0 aromatic heterocycles. The number of carbonyl (C=O) groups excluding carboxylic acids is 3. The van der Waals surface area contributed by atoms with Gasteiger partial charge in [0.05, 0.1) is 0 Å². The van der Waals surface area contributed by atoms with Crippen molar-refractivity contribution in [2.75, 3.05) is 13.2 Å². The van der Waals surface area contributed by atoms with Crippen LogP contribution in [0.15, 0.2) is 36.5 Å². The third-order valence-corrected chi connectivity index (χ3v) is 11.9. The van der Waals surface area contributed by atoms with Crippen molar-refractivity contribution in [3.8, 4) is 0 Å². The molecule has 6 heteroatoms. The molecule has 362 valence electrons. The van der Waals surface area contributed by atoms with Gasteiger partial charge < -0.3 is 14.2 Å². The Morgan fingerprint density at radius 3 is 0.984 bits per heavy atom. The quantitative estimate of drug-likeness (QED) is 0.0262. The first-order valence-corrected chi connectivity index (χ1v) is 27.0. The highest BCUT2D eigenvalue weighted by Crippen LogP contribution is 2.16. The van der Waals surface area contributed by atoms with E-state index >= 15 is 0 Å². The predicted molar refractivity (Wildman–Crippen MR) is 266 cm³/mol. The van der Waals surface area contributed by atoms with Crippen LogP contribution in [-0.4, -0.2) is 37.2 Å². The first kappa shape index (κ1) is 59.6. The number of carbonyl (C=O) groups is 3. The zero-order valence-corrected chi connectivity index (χ0v) is 41.4. The van der Waals surface area contributed by atoms with Gasteiger partial charge in [0, 0.05) is 19.3 Å². The van der Waals surface area contributed by atoms with Gasteiger partial charge in [0.15, 0.2) is 6.10 Å². The molecule has 0 N–H and O–H groups in total. The Kier molecular flexibility index (Phi) is 49.3. The molecule has 0 fully saturated rings. The normalized spacial score (nSPS) is 12.2. The van der Waals surface area contributed by atoms with Gasteiger partial charge in [-0.05, 0) is 51.4 Å². The van der Waals surface area contributed by atoms with E-state index < -0.39 is 6.10 Å². The van der Waals surface area contributed by atoms with E-state index in [9.17, 15) is 14.4 Å². The van der Waals surface area contributed by atoms with E-state index in [-0.39, 0.29) is 31.1 Å². The Hall–Kier alpha value is -2.37. The van der Waals surface area contributed by atoms with Crippen molar-refractivity contribution in [3.05, 3.63) is 36.5 Å². The Labute approximate surface area is 385 Å². The second-order valence-corrected chi connectivity index (χ2v) is 18.1. The highest BCUT2D eigenvalue weighted by atomic mass is 16.6. The molecule has 0 heterocycles. The number of rotatable bonds is 49. The standard InChI is InChI=1S/C56H102O6/c1-4-7-10-13-16-19-21-23-25-27-28-30-31-33-35-37-40-43-46-49-55(58)61-52-53(51-60-54(57)48-45-42-39-18-15-12-9-6-3)62-56(59)50-47-44-41-38-36-34-32-29-26-24-22-20-17-14-11-8-5-2/h8,11,17,20,24,26,53H,4-7,9-10,12-16,18-19,21-23,25,27-52H2,1-3H3/b11-8-,20-17-,26-24-.